The molecule has 0 spiro atoms. The number of carbonyl (C=O) groups excluding carboxylic acids is 1. The van der Waals surface area contributed by atoms with Gasteiger partial charge >= 0.3 is 0 Å². The van der Waals surface area contributed by atoms with Crippen molar-refractivity contribution in [3.8, 4) is 5.69 Å². The third-order valence-corrected chi connectivity index (χ3v) is 5.80. The Morgan fingerprint density at radius 1 is 0.935 bits per heavy atom. The lowest BCUT2D eigenvalue weighted by Gasteiger charge is -2.36. The van der Waals surface area contributed by atoms with Gasteiger partial charge in [0, 0.05) is 44.1 Å². The Morgan fingerprint density at radius 2 is 1.68 bits per heavy atom. The number of hydrogen-bond donors (Lipinski definition) is 1. The highest BCUT2D eigenvalue weighted by molar-refractivity contribution is 5.92. The third-order valence-electron chi connectivity index (χ3n) is 5.80. The standard InChI is InChI=1S/C25H31N5O/c1-20-8-6-11-23(18-20)29-16-14-28(15-17-29)13-7-12-26-25(31)24-19-21(2)30(27-24)22-9-4-3-5-10-22/h3-6,8-11,18-19H,7,12-17H2,1-2H3,(H,26,31). The zero-order valence-corrected chi connectivity index (χ0v) is 18.4. The lowest BCUT2D eigenvalue weighted by atomic mass is 10.2. The molecule has 0 aliphatic carbocycles. The molecule has 3 aromatic rings. The minimum atomic E-state index is -0.109. The summed E-state index contributed by atoms with van der Waals surface area (Å²) in [6, 6.07) is 20.4. The lowest BCUT2D eigenvalue weighted by molar-refractivity contribution is 0.0946. The van der Waals surface area contributed by atoms with Crippen LogP contribution in [0.4, 0.5) is 5.69 Å². The minimum absolute atomic E-state index is 0.109. The first kappa shape index (κ1) is 21.1. The van der Waals surface area contributed by atoms with Crippen molar-refractivity contribution in [2.45, 2.75) is 20.3 Å². The molecule has 0 atom stereocenters. The molecule has 1 N–H and O–H groups in total. The quantitative estimate of drug-likeness (QED) is 0.599. The smallest absolute Gasteiger partial charge is 0.271 e. The number of para-hydroxylation sites is 1. The molecular weight excluding hydrogens is 386 g/mol. The van der Waals surface area contributed by atoms with Crippen molar-refractivity contribution in [1.82, 2.24) is 20.0 Å². The second-order valence-corrected chi connectivity index (χ2v) is 8.20. The number of nitrogens with zero attached hydrogens (tertiary/aromatic N) is 4. The van der Waals surface area contributed by atoms with Crippen molar-refractivity contribution in [1.29, 1.82) is 0 Å². The maximum absolute atomic E-state index is 12.5. The second-order valence-electron chi connectivity index (χ2n) is 8.20. The number of carbonyl (C=O) groups is 1. The van der Waals surface area contributed by atoms with Gasteiger partial charge in [0.1, 0.15) is 0 Å². The zero-order valence-electron chi connectivity index (χ0n) is 18.4. The van der Waals surface area contributed by atoms with Crippen molar-refractivity contribution in [3.05, 3.63) is 77.6 Å². The van der Waals surface area contributed by atoms with Crippen molar-refractivity contribution in [2.24, 2.45) is 0 Å². The molecular formula is C25H31N5O. The summed E-state index contributed by atoms with van der Waals surface area (Å²) in [5, 5.41) is 7.50. The van der Waals surface area contributed by atoms with Crippen molar-refractivity contribution in [3.63, 3.8) is 0 Å². The van der Waals surface area contributed by atoms with Gasteiger partial charge in [-0.15, -0.1) is 0 Å². The molecule has 1 aliphatic rings. The molecule has 0 bridgehead atoms. The van der Waals surface area contributed by atoms with Crippen LogP contribution in [0.1, 0.15) is 28.2 Å². The van der Waals surface area contributed by atoms with E-state index in [1.165, 1.54) is 11.3 Å². The maximum Gasteiger partial charge on any atom is 0.271 e. The minimum Gasteiger partial charge on any atom is -0.369 e. The van der Waals surface area contributed by atoms with Crippen LogP contribution in [0.25, 0.3) is 5.69 Å². The van der Waals surface area contributed by atoms with Crippen LogP contribution >= 0.6 is 0 Å². The molecule has 2 heterocycles. The van der Waals surface area contributed by atoms with Crippen LogP contribution < -0.4 is 10.2 Å². The fourth-order valence-electron chi connectivity index (χ4n) is 4.07. The summed E-state index contributed by atoms with van der Waals surface area (Å²) in [6.07, 6.45) is 0.939. The summed E-state index contributed by atoms with van der Waals surface area (Å²) in [4.78, 5) is 17.4. The monoisotopic (exact) mass is 417 g/mol. The van der Waals surface area contributed by atoms with Gasteiger partial charge in [0.05, 0.1) is 5.69 Å². The Bertz CT molecular complexity index is 1010. The number of anilines is 1. The topological polar surface area (TPSA) is 53.4 Å². The van der Waals surface area contributed by atoms with Gasteiger partial charge in [-0.3, -0.25) is 9.69 Å². The molecule has 0 radical (unpaired) electrons. The fraction of sp³-hybridized carbons (Fsp3) is 0.360. The van der Waals surface area contributed by atoms with Gasteiger partial charge in [-0.25, -0.2) is 4.68 Å². The summed E-state index contributed by atoms with van der Waals surface area (Å²) in [7, 11) is 0. The number of hydrogen-bond acceptors (Lipinski definition) is 4. The Hall–Kier alpha value is -3.12. The zero-order chi connectivity index (χ0) is 21.6. The largest absolute Gasteiger partial charge is 0.369 e. The summed E-state index contributed by atoms with van der Waals surface area (Å²) in [6.45, 7) is 9.98. The van der Waals surface area contributed by atoms with Crippen molar-refractivity contribution >= 4 is 11.6 Å². The van der Waals surface area contributed by atoms with E-state index in [1.54, 1.807) is 0 Å². The molecule has 1 aliphatic heterocycles. The molecule has 1 saturated heterocycles. The number of rotatable bonds is 7. The molecule has 31 heavy (non-hydrogen) atoms. The van der Waals surface area contributed by atoms with E-state index in [-0.39, 0.29) is 5.91 Å². The fourth-order valence-corrected chi connectivity index (χ4v) is 4.07. The normalized spacial score (nSPS) is 14.6. The molecule has 4 rings (SSSR count). The predicted octanol–water partition coefficient (Wildman–Crippen LogP) is 3.43. The lowest BCUT2D eigenvalue weighted by Crippen LogP contribution is -2.47. The van der Waals surface area contributed by atoms with Gasteiger partial charge in [-0.05, 0) is 62.7 Å². The predicted molar refractivity (Wildman–Crippen MR) is 125 cm³/mol. The summed E-state index contributed by atoms with van der Waals surface area (Å²) in [5.41, 5.74) is 5.00. The number of nitrogens with one attached hydrogen (secondary N) is 1. The number of amides is 1. The van der Waals surface area contributed by atoms with Gasteiger partial charge in [0.25, 0.3) is 5.91 Å². The highest BCUT2D eigenvalue weighted by atomic mass is 16.1. The maximum atomic E-state index is 12.5. The van der Waals surface area contributed by atoms with Gasteiger partial charge in [0.15, 0.2) is 5.69 Å². The average molecular weight is 418 g/mol. The first-order chi connectivity index (χ1) is 15.1. The summed E-state index contributed by atoms with van der Waals surface area (Å²) in [5.74, 6) is -0.109. The molecule has 6 heteroatoms. The van der Waals surface area contributed by atoms with E-state index in [2.05, 4.69) is 51.4 Å². The third kappa shape index (κ3) is 5.33. The first-order valence-electron chi connectivity index (χ1n) is 11.0. The molecule has 162 valence electrons. The Labute approximate surface area is 184 Å². The molecule has 2 aromatic carbocycles. The SMILES string of the molecule is Cc1cccc(N2CCN(CCCNC(=O)c3cc(C)n(-c4ccccc4)n3)CC2)c1. The van der Waals surface area contributed by atoms with Crippen LogP contribution in [0.3, 0.4) is 0 Å². The Balaban J connectivity index is 1.20. The van der Waals surface area contributed by atoms with E-state index >= 15 is 0 Å². The Morgan fingerprint density at radius 3 is 2.42 bits per heavy atom. The molecule has 1 aromatic heterocycles. The van der Waals surface area contributed by atoms with Crippen LogP contribution in [0, 0.1) is 13.8 Å². The van der Waals surface area contributed by atoms with E-state index in [0.29, 0.717) is 12.2 Å². The van der Waals surface area contributed by atoms with E-state index in [0.717, 1.165) is 50.5 Å². The van der Waals surface area contributed by atoms with Crippen LogP contribution in [0.5, 0.6) is 0 Å². The average Bonchev–Trinajstić information content (AvgIpc) is 3.19. The second kappa shape index (κ2) is 9.79. The van der Waals surface area contributed by atoms with E-state index in [1.807, 2.05) is 48.0 Å². The van der Waals surface area contributed by atoms with Crippen molar-refractivity contribution in [2.75, 3.05) is 44.2 Å². The molecule has 1 amide bonds. The van der Waals surface area contributed by atoms with E-state index in [9.17, 15) is 4.79 Å². The molecule has 0 unspecified atom stereocenters. The van der Waals surface area contributed by atoms with Crippen LogP contribution in [0.15, 0.2) is 60.7 Å². The number of benzene rings is 2. The molecule has 0 saturated carbocycles. The highest BCUT2D eigenvalue weighted by Crippen LogP contribution is 2.18. The molecule has 6 nitrogen and oxygen atoms in total. The van der Waals surface area contributed by atoms with Gasteiger partial charge in [0.2, 0.25) is 0 Å². The van der Waals surface area contributed by atoms with Gasteiger partial charge in [-0.2, -0.15) is 5.10 Å². The number of aromatic nitrogens is 2. The van der Waals surface area contributed by atoms with Crippen molar-refractivity contribution < 1.29 is 4.79 Å². The number of piperazine rings is 1. The van der Waals surface area contributed by atoms with Crippen LogP contribution in [-0.4, -0.2) is 59.9 Å². The summed E-state index contributed by atoms with van der Waals surface area (Å²) < 4.78 is 1.81. The molecule has 1 fully saturated rings. The van der Waals surface area contributed by atoms with Gasteiger partial charge < -0.3 is 10.2 Å². The van der Waals surface area contributed by atoms with Gasteiger partial charge in [-0.1, -0.05) is 30.3 Å². The first-order valence-corrected chi connectivity index (χ1v) is 11.0. The van der Waals surface area contributed by atoms with E-state index < -0.39 is 0 Å². The summed E-state index contributed by atoms with van der Waals surface area (Å²) >= 11 is 0. The van der Waals surface area contributed by atoms with Crippen LogP contribution in [-0.2, 0) is 0 Å². The highest BCUT2D eigenvalue weighted by Gasteiger charge is 2.17. The Kier molecular flexibility index (Phi) is 6.67. The number of aryl methyl sites for hydroxylation is 2. The van der Waals surface area contributed by atoms with Crippen LogP contribution in [0.2, 0.25) is 0 Å². The van der Waals surface area contributed by atoms with E-state index in [4.69, 9.17) is 0 Å².